The Kier molecular flexibility index (Phi) is 5.12. The number of nitrogens with two attached hydrogens (primary N) is 1. The minimum absolute atomic E-state index is 0.0264. The second-order valence-electron chi connectivity index (χ2n) is 6.53. The van der Waals surface area contributed by atoms with E-state index >= 15 is 0 Å². The Bertz CT molecular complexity index is 825. The highest BCUT2D eigenvalue weighted by Gasteiger charge is 2.37. The zero-order valence-electron chi connectivity index (χ0n) is 14.0. The minimum atomic E-state index is -3.74. The van der Waals surface area contributed by atoms with Gasteiger partial charge in [-0.15, -0.1) is 0 Å². The van der Waals surface area contributed by atoms with E-state index in [-0.39, 0.29) is 4.21 Å². The Morgan fingerprint density at radius 3 is 2.76 bits per heavy atom. The average molecular weight is 383 g/mol. The maximum atomic E-state index is 11.4. The van der Waals surface area contributed by atoms with Gasteiger partial charge < -0.3 is 10.0 Å². The van der Waals surface area contributed by atoms with Crippen molar-refractivity contribution in [2.45, 2.75) is 22.8 Å². The Morgan fingerprint density at radius 2 is 2.12 bits per heavy atom. The molecule has 0 amide bonds. The summed E-state index contributed by atoms with van der Waals surface area (Å²) in [7, 11) is -1.95. The highest BCUT2D eigenvalue weighted by Crippen LogP contribution is 2.29. The van der Waals surface area contributed by atoms with Crippen LogP contribution in [0.5, 0.6) is 0 Å². The van der Waals surface area contributed by atoms with E-state index in [1.807, 2.05) is 18.2 Å². The van der Waals surface area contributed by atoms with Crippen molar-refractivity contribution in [3.63, 3.8) is 0 Å². The summed E-state index contributed by atoms with van der Waals surface area (Å²) in [6.07, 6.45) is 1.92. The van der Waals surface area contributed by atoms with Gasteiger partial charge in [0.1, 0.15) is 0 Å². The summed E-state index contributed by atoms with van der Waals surface area (Å²) >= 11 is 1.01. The molecule has 0 saturated carbocycles. The molecule has 2 aromatic rings. The standard InChI is InChI=1S/C16H22N4O3S2/c1-19(15-18-9-14(24-15)25(17,22)23)11-16(21)7-8-20(12-16)10-13-5-3-2-4-6-13/h2-6,9,21H,7-8,10-12H2,1H3,(H2,17,22,23). The second kappa shape index (κ2) is 7.00. The summed E-state index contributed by atoms with van der Waals surface area (Å²) in [5.41, 5.74) is 0.370. The molecule has 3 rings (SSSR count). The molecule has 1 unspecified atom stereocenters. The number of primary sulfonamides is 1. The van der Waals surface area contributed by atoms with Crippen LogP contribution in [0, 0.1) is 0 Å². The number of aliphatic hydroxyl groups is 1. The Morgan fingerprint density at radius 1 is 1.40 bits per heavy atom. The van der Waals surface area contributed by atoms with Crippen LogP contribution in [0.15, 0.2) is 40.7 Å². The number of benzene rings is 1. The normalized spacial score (nSPS) is 21.6. The zero-order chi connectivity index (χ0) is 18.1. The van der Waals surface area contributed by atoms with E-state index in [2.05, 4.69) is 22.0 Å². The molecule has 7 nitrogen and oxygen atoms in total. The molecule has 1 aromatic heterocycles. The summed E-state index contributed by atoms with van der Waals surface area (Å²) in [4.78, 5) is 8.11. The van der Waals surface area contributed by atoms with Crippen LogP contribution in [0.2, 0.25) is 0 Å². The van der Waals surface area contributed by atoms with Crippen LogP contribution < -0.4 is 10.0 Å². The Labute approximate surface area is 151 Å². The molecule has 0 spiro atoms. The molecule has 1 aliphatic heterocycles. The fourth-order valence-electron chi connectivity index (χ4n) is 3.11. The number of anilines is 1. The number of aromatic nitrogens is 1. The summed E-state index contributed by atoms with van der Waals surface area (Å²) in [6.45, 7) is 2.58. The van der Waals surface area contributed by atoms with Gasteiger partial charge in [-0.25, -0.2) is 18.5 Å². The Balaban J connectivity index is 1.61. The SMILES string of the molecule is CN(CC1(O)CCN(Cc2ccccc2)C1)c1ncc(S(N)(=O)=O)s1. The first-order valence-corrected chi connectivity index (χ1v) is 10.3. The van der Waals surface area contributed by atoms with E-state index in [4.69, 9.17) is 5.14 Å². The van der Waals surface area contributed by atoms with E-state index in [0.29, 0.717) is 24.6 Å². The number of hydrogen-bond donors (Lipinski definition) is 2. The molecule has 9 heteroatoms. The van der Waals surface area contributed by atoms with E-state index < -0.39 is 15.6 Å². The molecule has 25 heavy (non-hydrogen) atoms. The van der Waals surface area contributed by atoms with Gasteiger partial charge in [0.25, 0.3) is 0 Å². The van der Waals surface area contributed by atoms with Crippen LogP contribution in [0.1, 0.15) is 12.0 Å². The first kappa shape index (κ1) is 18.3. The quantitative estimate of drug-likeness (QED) is 0.769. The van der Waals surface area contributed by atoms with Crippen LogP contribution in [0.4, 0.5) is 5.13 Å². The molecule has 2 heterocycles. The zero-order valence-corrected chi connectivity index (χ0v) is 15.6. The lowest BCUT2D eigenvalue weighted by Gasteiger charge is -2.28. The van der Waals surface area contributed by atoms with E-state index in [1.54, 1.807) is 11.9 Å². The summed E-state index contributed by atoms with van der Waals surface area (Å²) in [6, 6.07) is 10.2. The molecule has 1 fully saturated rings. The minimum Gasteiger partial charge on any atom is -0.387 e. The highest BCUT2D eigenvalue weighted by atomic mass is 32.2. The van der Waals surface area contributed by atoms with Gasteiger partial charge in [-0.2, -0.15) is 0 Å². The van der Waals surface area contributed by atoms with Crippen molar-refractivity contribution in [1.82, 2.24) is 9.88 Å². The van der Waals surface area contributed by atoms with Gasteiger partial charge >= 0.3 is 0 Å². The van der Waals surface area contributed by atoms with Crippen molar-refractivity contribution in [2.24, 2.45) is 5.14 Å². The van der Waals surface area contributed by atoms with Crippen molar-refractivity contribution in [1.29, 1.82) is 0 Å². The summed E-state index contributed by atoms with van der Waals surface area (Å²) in [5.74, 6) is 0. The third-order valence-electron chi connectivity index (χ3n) is 4.27. The molecule has 136 valence electrons. The molecule has 1 aromatic carbocycles. The Hall–Kier alpha value is -1.52. The van der Waals surface area contributed by atoms with Crippen molar-refractivity contribution < 1.29 is 13.5 Å². The molecular formula is C16H22N4O3S2. The van der Waals surface area contributed by atoms with Gasteiger partial charge in [0.2, 0.25) is 10.0 Å². The first-order valence-electron chi connectivity index (χ1n) is 7.94. The van der Waals surface area contributed by atoms with E-state index in [1.165, 1.54) is 11.8 Å². The monoisotopic (exact) mass is 382 g/mol. The third kappa shape index (κ3) is 4.56. The number of likely N-dealkylation sites (N-methyl/N-ethyl adjacent to an activating group) is 1. The van der Waals surface area contributed by atoms with Gasteiger partial charge in [0, 0.05) is 33.2 Å². The lowest BCUT2D eigenvalue weighted by Crippen LogP contribution is -2.43. The number of hydrogen-bond acceptors (Lipinski definition) is 7. The van der Waals surface area contributed by atoms with Crippen LogP contribution in [-0.2, 0) is 16.6 Å². The average Bonchev–Trinajstić information content (AvgIpc) is 3.15. The van der Waals surface area contributed by atoms with E-state index in [9.17, 15) is 13.5 Å². The van der Waals surface area contributed by atoms with Crippen LogP contribution in [-0.4, -0.2) is 55.7 Å². The molecule has 0 aliphatic carbocycles. The molecule has 1 aliphatic rings. The number of β-amino-alcohol motifs (C(OH)–C–C–N with tert-alkyl or cyclic N) is 1. The number of nitrogens with zero attached hydrogens (tertiary/aromatic N) is 3. The lowest BCUT2D eigenvalue weighted by molar-refractivity contribution is 0.0562. The largest absolute Gasteiger partial charge is 0.387 e. The fraction of sp³-hybridized carbons (Fsp3) is 0.438. The van der Waals surface area contributed by atoms with Crippen LogP contribution in [0.25, 0.3) is 0 Å². The van der Waals surface area contributed by atoms with Gasteiger partial charge in [-0.1, -0.05) is 41.7 Å². The van der Waals surface area contributed by atoms with Gasteiger partial charge in [-0.05, 0) is 12.0 Å². The van der Waals surface area contributed by atoms with Gasteiger partial charge in [0.05, 0.1) is 11.8 Å². The number of thiazole rings is 1. The fourth-order valence-corrected chi connectivity index (χ4v) is 4.61. The lowest BCUT2D eigenvalue weighted by atomic mass is 10.0. The van der Waals surface area contributed by atoms with Crippen LogP contribution >= 0.6 is 11.3 Å². The number of rotatable bonds is 6. The molecule has 1 atom stereocenters. The molecule has 1 saturated heterocycles. The maximum Gasteiger partial charge on any atom is 0.249 e. The molecule has 3 N–H and O–H groups in total. The van der Waals surface area contributed by atoms with Gasteiger partial charge in [0.15, 0.2) is 9.34 Å². The van der Waals surface area contributed by atoms with Crippen molar-refractivity contribution in [3.05, 3.63) is 42.1 Å². The highest BCUT2D eigenvalue weighted by molar-refractivity contribution is 7.91. The van der Waals surface area contributed by atoms with Gasteiger partial charge in [-0.3, -0.25) is 4.90 Å². The number of likely N-dealkylation sites (tertiary alicyclic amines) is 1. The molecular weight excluding hydrogens is 360 g/mol. The number of sulfonamides is 1. The van der Waals surface area contributed by atoms with Crippen LogP contribution in [0.3, 0.4) is 0 Å². The maximum absolute atomic E-state index is 11.4. The predicted molar refractivity (Wildman–Crippen MR) is 98.0 cm³/mol. The third-order valence-corrected chi connectivity index (χ3v) is 6.79. The van der Waals surface area contributed by atoms with Crippen molar-refractivity contribution >= 4 is 26.5 Å². The van der Waals surface area contributed by atoms with Crippen molar-refractivity contribution in [2.75, 3.05) is 31.6 Å². The topological polar surface area (TPSA) is 99.8 Å². The smallest absolute Gasteiger partial charge is 0.249 e. The van der Waals surface area contributed by atoms with E-state index in [0.717, 1.165) is 24.4 Å². The summed E-state index contributed by atoms with van der Waals surface area (Å²) in [5, 5.41) is 16.5. The van der Waals surface area contributed by atoms with Crippen molar-refractivity contribution in [3.8, 4) is 0 Å². The predicted octanol–water partition coefficient (Wildman–Crippen LogP) is 0.864. The molecule has 0 radical (unpaired) electrons. The first-order chi connectivity index (χ1) is 11.8. The second-order valence-corrected chi connectivity index (χ2v) is 9.33. The molecule has 0 bridgehead atoms. The summed E-state index contributed by atoms with van der Waals surface area (Å²) < 4.78 is 22.8.